The van der Waals surface area contributed by atoms with E-state index in [1.165, 1.54) is 48.8 Å². The molecule has 0 fully saturated rings. The van der Waals surface area contributed by atoms with E-state index < -0.39 is 0 Å². The Morgan fingerprint density at radius 1 is 0.800 bits per heavy atom. The van der Waals surface area contributed by atoms with Crippen LogP contribution in [-0.2, 0) is 13.1 Å². The predicted molar refractivity (Wildman–Crippen MR) is 107 cm³/mol. The fourth-order valence-corrected chi connectivity index (χ4v) is 2.93. The fourth-order valence-electron chi connectivity index (χ4n) is 2.93. The van der Waals surface area contributed by atoms with E-state index in [-0.39, 0.29) is 0 Å². The second-order valence-electron chi connectivity index (χ2n) is 6.79. The molecule has 0 aliphatic rings. The normalized spacial score (nSPS) is 10.8. The molecular formula is C23H33NO. The standard InChI is InChI=1S/C23H33NO/c1-3-4-5-6-7-10-17-25-23-15-13-21(14-16-23)18-24-19-22-12-9-8-11-20(22)2/h8-9,11-16,24H,3-7,10,17-19H2,1-2H3. The van der Waals surface area contributed by atoms with Crippen LogP contribution in [0.4, 0.5) is 0 Å². The highest BCUT2D eigenvalue weighted by molar-refractivity contribution is 5.28. The average molecular weight is 340 g/mol. The molecule has 0 heterocycles. The summed E-state index contributed by atoms with van der Waals surface area (Å²) in [6.07, 6.45) is 7.80. The van der Waals surface area contributed by atoms with E-state index in [0.717, 1.165) is 31.9 Å². The van der Waals surface area contributed by atoms with Gasteiger partial charge in [-0.05, 0) is 42.2 Å². The number of hydrogen-bond donors (Lipinski definition) is 1. The number of unbranched alkanes of at least 4 members (excludes halogenated alkanes) is 5. The third kappa shape index (κ3) is 7.74. The second-order valence-corrected chi connectivity index (χ2v) is 6.79. The van der Waals surface area contributed by atoms with E-state index in [1.807, 2.05) is 0 Å². The Bertz CT molecular complexity index is 591. The van der Waals surface area contributed by atoms with Gasteiger partial charge in [-0.15, -0.1) is 0 Å². The van der Waals surface area contributed by atoms with Gasteiger partial charge in [-0.3, -0.25) is 0 Å². The molecule has 2 heteroatoms. The van der Waals surface area contributed by atoms with Crippen LogP contribution >= 0.6 is 0 Å². The lowest BCUT2D eigenvalue weighted by molar-refractivity contribution is 0.304. The average Bonchev–Trinajstić information content (AvgIpc) is 2.64. The van der Waals surface area contributed by atoms with Crippen LogP contribution < -0.4 is 10.1 Å². The summed E-state index contributed by atoms with van der Waals surface area (Å²) >= 11 is 0. The Kier molecular flexibility index (Phi) is 9.14. The van der Waals surface area contributed by atoms with Crippen LogP contribution in [0.2, 0.25) is 0 Å². The van der Waals surface area contributed by atoms with Gasteiger partial charge in [-0.1, -0.05) is 75.4 Å². The maximum atomic E-state index is 5.84. The van der Waals surface area contributed by atoms with Crippen LogP contribution in [0.1, 0.15) is 62.1 Å². The monoisotopic (exact) mass is 339 g/mol. The van der Waals surface area contributed by atoms with E-state index in [9.17, 15) is 0 Å². The first kappa shape index (κ1) is 19.5. The van der Waals surface area contributed by atoms with Crippen molar-refractivity contribution in [3.8, 4) is 5.75 Å². The highest BCUT2D eigenvalue weighted by Crippen LogP contribution is 2.14. The van der Waals surface area contributed by atoms with Gasteiger partial charge in [0.2, 0.25) is 0 Å². The molecule has 0 saturated heterocycles. The Morgan fingerprint density at radius 3 is 2.28 bits per heavy atom. The molecule has 0 aliphatic carbocycles. The summed E-state index contributed by atoms with van der Waals surface area (Å²) in [7, 11) is 0. The van der Waals surface area contributed by atoms with E-state index in [4.69, 9.17) is 4.74 Å². The quantitative estimate of drug-likeness (QED) is 0.477. The van der Waals surface area contributed by atoms with Gasteiger partial charge in [0.1, 0.15) is 5.75 Å². The summed E-state index contributed by atoms with van der Waals surface area (Å²) in [4.78, 5) is 0. The zero-order valence-electron chi connectivity index (χ0n) is 15.9. The highest BCUT2D eigenvalue weighted by Gasteiger charge is 1.99. The van der Waals surface area contributed by atoms with Crippen LogP contribution in [0.15, 0.2) is 48.5 Å². The lowest BCUT2D eigenvalue weighted by atomic mass is 10.1. The molecule has 0 amide bonds. The summed E-state index contributed by atoms with van der Waals surface area (Å²) in [5.41, 5.74) is 4.00. The number of benzene rings is 2. The van der Waals surface area contributed by atoms with Crippen LogP contribution in [0, 0.1) is 6.92 Å². The zero-order valence-corrected chi connectivity index (χ0v) is 15.9. The van der Waals surface area contributed by atoms with Gasteiger partial charge in [-0.2, -0.15) is 0 Å². The van der Waals surface area contributed by atoms with Gasteiger partial charge in [0.15, 0.2) is 0 Å². The predicted octanol–water partition coefficient (Wildman–Crippen LogP) is 6.02. The first-order chi connectivity index (χ1) is 12.3. The number of hydrogen-bond acceptors (Lipinski definition) is 2. The maximum Gasteiger partial charge on any atom is 0.119 e. The van der Waals surface area contributed by atoms with Crippen molar-refractivity contribution in [1.29, 1.82) is 0 Å². The van der Waals surface area contributed by atoms with Crippen molar-refractivity contribution < 1.29 is 4.74 Å². The van der Waals surface area contributed by atoms with E-state index in [2.05, 4.69) is 67.7 Å². The molecule has 0 aliphatic heterocycles. The van der Waals surface area contributed by atoms with Crippen LogP contribution in [0.25, 0.3) is 0 Å². The van der Waals surface area contributed by atoms with Gasteiger partial charge in [0.25, 0.3) is 0 Å². The molecule has 25 heavy (non-hydrogen) atoms. The Hall–Kier alpha value is -1.80. The minimum atomic E-state index is 0.830. The Morgan fingerprint density at radius 2 is 1.52 bits per heavy atom. The van der Waals surface area contributed by atoms with Crippen molar-refractivity contribution in [2.24, 2.45) is 0 Å². The summed E-state index contributed by atoms with van der Waals surface area (Å²) in [6.45, 7) is 7.03. The van der Waals surface area contributed by atoms with Crippen molar-refractivity contribution in [3.05, 3.63) is 65.2 Å². The molecule has 2 nitrogen and oxygen atoms in total. The Labute approximate surface area is 153 Å². The molecule has 136 valence electrons. The lowest BCUT2D eigenvalue weighted by Crippen LogP contribution is -2.13. The van der Waals surface area contributed by atoms with Gasteiger partial charge >= 0.3 is 0 Å². The molecule has 2 aromatic carbocycles. The van der Waals surface area contributed by atoms with Crippen molar-refractivity contribution in [3.63, 3.8) is 0 Å². The summed E-state index contributed by atoms with van der Waals surface area (Å²) < 4.78 is 5.84. The molecule has 0 atom stereocenters. The lowest BCUT2D eigenvalue weighted by Gasteiger charge is -2.09. The van der Waals surface area contributed by atoms with Crippen molar-refractivity contribution in [1.82, 2.24) is 5.32 Å². The minimum Gasteiger partial charge on any atom is -0.494 e. The van der Waals surface area contributed by atoms with E-state index in [1.54, 1.807) is 0 Å². The second kappa shape index (κ2) is 11.7. The smallest absolute Gasteiger partial charge is 0.119 e. The van der Waals surface area contributed by atoms with Crippen LogP contribution in [0.5, 0.6) is 5.75 Å². The zero-order chi connectivity index (χ0) is 17.7. The Balaban J connectivity index is 1.62. The molecule has 0 radical (unpaired) electrons. The number of rotatable bonds is 12. The van der Waals surface area contributed by atoms with Crippen molar-refractivity contribution in [2.45, 2.75) is 65.5 Å². The molecule has 0 saturated carbocycles. The largest absolute Gasteiger partial charge is 0.494 e. The summed E-state index contributed by atoms with van der Waals surface area (Å²) in [6, 6.07) is 17.0. The minimum absolute atomic E-state index is 0.830. The van der Waals surface area contributed by atoms with Gasteiger partial charge < -0.3 is 10.1 Å². The third-order valence-electron chi connectivity index (χ3n) is 4.60. The van der Waals surface area contributed by atoms with E-state index >= 15 is 0 Å². The number of ether oxygens (including phenoxy) is 1. The fraction of sp³-hybridized carbons (Fsp3) is 0.478. The van der Waals surface area contributed by atoms with Crippen molar-refractivity contribution >= 4 is 0 Å². The van der Waals surface area contributed by atoms with E-state index in [0.29, 0.717) is 0 Å². The first-order valence-corrected chi connectivity index (χ1v) is 9.76. The van der Waals surface area contributed by atoms with Crippen molar-refractivity contribution in [2.75, 3.05) is 6.61 Å². The van der Waals surface area contributed by atoms with Gasteiger partial charge in [-0.25, -0.2) is 0 Å². The maximum absolute atomic E-state index is 5.84. The van der Waals surface area contributed by atoms with Gasteiger partial charge in [0.05, 0.1) is 6.61 Å². The molecule has 0 bridgehead atoms. The topological polar surface area (TPSA) is 21.3 Å². The third-order valence-corrected chi connectivity index (χ3v) is 4.60. The SMILES string of the molecule is CCCCCCCCOc1ccc(CNCc2ccccc2C)cc1. The van der Waals surface area contributed by atoms with Gasteiger partial charge in [0, 0.05) is 13.1 Å². The molecule has 2 rings (SSSR count). The number of aryl methyl sites for hydroxylation is 1. The summed E-state index contributed by atoms with van der Waals surface area (Å²) in [5, 5.41) is 3.51. The highest BCUT2D eigenvalue weighted by atomic mass is 16.5. The molecular weight excluding hydrogens is 306 g/mol. The number of nitrogens with one attached hydrogen (secondary N) is 1. The van der Waals surface area contributed by atoms with Crippen LogP contribution in [0.3, 0.4) is 0 Å². The molecule has 0 spiro atoms. The summed E-state index contributed by atoms with van der Waals surface area (Å²) in [5.74, 6) is 0.983. The molecule has 2 aromatic rings. The van der Waals surface area contributed by atoms with Crippen LogP contribution in [-0.4, -0.2) is 6.61 Å². The molecule has 0 aromatic heterocycles. The first-order valence-electron chi connectivity index (χ1n) is 9.76. The molecule has 0 unspecified atom stereocenters. The molecule has 1 N–H and O–H groups in total.